The predicted molar refractivity (Wildman–Crippen MR) is 93.1 cm³/mol. The first-order chi connectivity index (χ1) is 11.1. The van der Waals surface area contributed by atoms with Crippen molar-refractivity contribution in [2.24, 2.45) is 5.41 Å². The van der Waals surface area contributed by atoms with Crippen LogP contribution in [0, 0.1) is 5.41 Å². The highest BCUT2D eigenvalue weighted by atomic mass is 35.5. The second kappa shape index (κ2) is 5.65. The number of piperidine rings is 1. The smallest absolute Gasteiger partial charge is 0.233 e. The highest BCUT2D eigenvalue weighted by molar-refractivity contribution is 6.36. The van der Waals surface area contributed by atoms with Gasteiger partial charge in [-0.3, -0.25) is 4.79 Å². The third-order valence-electron chi connectivity index (χ3n) is 6.04. The summed E-state index contributed by atoms with van der Waals surface area (Å²) in [5, 5.41) is 4.72. The van der Waals surface area contributed by atoms with Gasteiger partial charge in [0.05, 0.1) is 5.41 Å². The first-order valence-electron chi connectivity index (χ1n) is 8.51. The molecule has 2 heterocycles. The van der Waals surface area contributed by atoms with E-state index in [2.05, 4.69) is 10.2 Å². The number of nitrogens with one attached hydrogen (secondary N) is 1. The molecule has 2 saturated heterocycles. The van der Waals surface area contributed by atoms with Crippen LogP contribution in [0.1, 0.15) is 37.7 Å². The Labute approximate surface area is 147 Å². The van der Waals surface area contributed by atoms with Gasteiger partial charge in [0.15, 0.2) is 0 Å². The van der Waals surface area contributed by atoms with Gasteiger partial charge in [-0.2, -0.15) is 0 Å². The van der Waals surface area contributed by atoms with Gasteiger partial charge in [0, 0.05) is 35.2 Å². The van der Waals surface area contributed by atoms with Gasteiger partial charge in [0.25, 0.3) is 0 Å². The van der Waals surface area contributed by atoms with Gasteiger partial charge in [-0.05, 0) is 56.2 Å². The lowest BCUT2D eigenvalue weighted by atomic mass is 9.77. The molecule has 1 aliphatic carbocycles. The average molecular weight is 353 g/mol. The van der Waals surface area contributed by atoms with E-state index in [1.165, 1.54) is 6.42 Å². The third kappa shape index (κ3) is 2.57. The first-order valence-corrected chi connectivity index (χ1v) is 9.27. The molecule has 1 spiro atoms. The molecule has 3 fully saturated rings. The molecule has 0 bridgehead atoms. The predicted octanol–water partition coefficient (Wildman–Crippen LogP) is 3.63. The third-order valence-corrected chi connectivity index (χ3v) is 6.67. The van der Waals surface area contributed by atoms with E-state index in [0.717, 1.165) is 57.4 Å². The largest absolute Gasteiger partial charge is 0.342 e. The molecule has 4 rings (SSSR count). The summed E-state index contributed by atoms with van der Waals surface area (Å²) in [5.41, 5.74) is 0.805. The summed E-state index contributed by atoms with van der Waals surface area (Å²) in [6.45, 7) is 3.96. The van der Waals surface area contributed by atoms with E-state index in [4.69, 9.17) is 23.2 Å². The van der Waals surface area contributed by atoms with Gasteiger partial charge >= 0.3 is 0 Å². The highest BCUT2D eigenvalue weighted by Gasteiger charge is 2.55. The lowest BCUT2D eigenvalue weighted by Gasteiger charge is -2.40. The summed E-state index contributed by atoms with van der Waals surface area (Å²) < 4.78 is 0. The van der Waals surface area contributed by atoms with Crippen molar-refractivity contribution in [3.05, 3.63) is 33.8 Å². The van der Waals surface area contributed by atoms with Crippen molar-refractivity contribution < 1.29 is 4.79 Å². The first kappa shape index (κ1) is 15.7. The zero-order valence-electron chi connectivity index (χ0n) is 13.2. The van der Waals surface area contributed by atoms with Crippen LogP contribution in [0.4, 0.5) is 0 Å². The molecule has 0 atom stereocenters. The molecule has 3 nitrogen and oxygen atoms in total. The van der Waals surface area contributed by atoms with Crippen LogP contribution in [0.5, 0.6) is 0 Å². The number of hydrogen-bond donors (Lipinski definition) is 1. The molecule has 1 aromatic rings. The maximum absolute atomic E-state index is 13.2. The number of amides is 1. The Hall–Kier alpha value is -0.770. The summed E-state index contributed by atoms with van der Waals surface area (Å²) in [4.78, 5) is 15.2. The van der Waals surface area contributed by atoms with E-state index in [9.17, 15) is 4.79 Å². The summed E-state index contributed by atoms with van der Waals surface area (Å²) >= 11 is 12.7. The van der Waals surface area contributed by atoms with Gasteiger partial charge in [-0.25, -0.2) is 0 Å². The Morgan fingerprint density at radius 1 is 1.04 bits per heavy atom. The molecule has 5 heteroatoms. The van der Waals surface area contributed by atoms with Crippen molar-refractivity contribution in [1.29, 1.82) is 0 Å². The molecule has 0 aromatic heterocycles. The minimum Gasteiger partial charge on any atom is -0.342 e. The lowest BCUT2D eigenvalue weighted by molar-refractivity contribution is -0.136. The fourth-order valence-electron chi connectivity index (χ4n) is 4.36. The minimum atomic E-state index is -0.464. The Balaban J connectivity index is 1.53. The Bertz CT molecular complexity index is 606. The van der Waals surface area contributed by atoms with E-state index in [-0.39, 0.29) is 5.91 Å². The molecule has 23 heavy (non-hydrogen) atoms. The molecular formula is C18H22Cl2N2O. The van der Waals surface area contributed by atoms with Crippen LogP contribution >= 0.6 is 23.2 Å². The minimum absolute atomic E-state index is 0.230. The fraction of sp³-hybridized carbons (Fsp3) is 0.611. The topological polar surface area (TPSA) is 32.3 Å². The standard InChI is InChI=1S/C18H22Cl2N2O/c19-13-2-1-3-14(20)15(13)18(4-5-18)16(23)22-10-7-17(8-11-22)6-9-21-12-17/h1-3,21H,4-12H2. The molecule has 3 aliphatic rings. The van der Waals surface area contributed by atoms with Crippen molar-refractivity contribution >= 4 is 29.1 Å². The lowest BCUT2D eigenvalue weighted by Crippen LogP contribution is -2.47. The van der Waals surface area contributed by atoms with Gasteiger partial charge in [-0.15, -0.1) is 0 Å². The second-order valence-electron chi connectivity index (χ2n) is 7.40. The number of likely N-dealkylation sites (tertiary alicyclic amines) is 1. The number of rotatable bonds is 2. The molecule has 0 radical (unpaired) electrons. The van der Waals surface area contributed by atoms with Crippen LogP contribution in [0.2, 0.25) is 10.0 Å². The van der Waals surface area contributed by atoms with E-state index >= 15 is 0 Å². The zero-order valence-corrected chi connectivity index (χ0v) is 14.7. The number of carbonyl (C=O) groups is 1. The Morgan fingerprint density at radius 2 is 1.70 bits per heavy atom. The van der Waals surface area contributed by atoms with Crippen molar-refractivity contribution in [1.82, 2.24) is 10.2 Å². The number of carbonyl (C=O) groups excluding carboxylic acids is 1. The molecule has 124 valence electrons. The number of benzene rings is 1. The number of hydrogen-bond acceptors (Lipinski definition) is 2. The van der Waals surface area contributed by atoms with Crippen molar-refractivity contribution in [3.8, 4) is 0 Å². The average Bonchev–Trinajstić information content (AvgIpc) is 3.22. The van der Waals surface area contributed by atoms with Crippen molar-refractivity contribution in [2.75, 3.05) is 26.2 Å². The highest BCUT2D eigenvalue weighted by Crippen LogP contribution is 2.54. The number of halogens is 2. The Kier molecular flexibility index (Phi) is 3.86. The summed E-state index contributed by atoms with van der Waals surface area (Å²) in [7, 11) is 0. The van der Waals surface area contributed by atoms with E-state index in [1.54, 1.807) is 0 Å². The molecule has 0 unspecified atom stereocenters. The van der Waals surface area contributed by atoms with Gasteiger partial charge < -0.3 is 10.2 Å². The molecule has 2 aliphatic heterocycles. The van der Waals surface area contributed by atoms with Crippen LogP contribution in [0.15, 0.2) is 18.2 Å². The monoisotopic (exact) mass is 352 g/mol. The molecule has 1 aromatic carbocycles. The quantitative estimate of drug-likeness (QED) is 0.881. The van der Waals surface area contributed by atoms with Gasteiger partial charge in [-0.1, -0.05) is 29.3 Å². The summed E-state index contributed by atoms with van der Waals surface area (Å²) in [5.74, 6) is 0.230. The van der Waals surface area contributed by atoms with Crippen LogP contribution in [-0.4, -0.2) is 37.0 Å². The van der Waals surface area contributed by atoms with Gasteiger partial charge in [0.2, 0.25) is 5.91 Å². The van der Waals surface area contributed by atoms with Crippen LogP contribution in [-0.2, 0) is 10.2 Å². The van der Waals surface area contributed by atoms with Gasteiger partial charge in [0.1, 0.15) is 0 Å². The second-order valence-corrected chi connectivity index (χ2v) is 8.21. The molecule has 1 amide bonds. The zero-order chi connectivity index (χ0) is 16.1. The maximum Gasteiger partial charge on any atom is 0.233 e. The Morgan fingerprint density at radius 3 is 2.22 bits per heavy atom. The normalized spacial score (nSPS) is 24.9. The van der Waals surface area contributed by atoms with Crippen LogP contribution in [0.3, 0.4) is 0 Å². The molecule has 1 N–H and O–H groups in total. The van der Waals surface area contributed by atoms with Crippen molar-refractivity contribution in [2.45, 2.75) is 37.5 Å². The number of nitrogens with zero attached hydrogens (tertiary/aromatic N) is 1. The summed E-state index contributed by atoms with van der Waals surface area (Å²) in [6.07, 6.45) is 5.18. The maximum atomic E-state index is 13.2. The van der Waals surface area contributed by atoms with E-state index < -0.39 is 5.41 Å². The van der Waals surface area contributed by atoms with E-state index in [1.807, 2.05) is 18.2 Å². The SMILES string of the molecule is O=C(N1CCC2(CCNC2)CC1)C1(c2c(Cl)cccc2Cl)CC1. The van der Waals surface area contributed by atoms with Crippen LogP contribution in [0.25, 0.3) is 0 Å². The van der Waals surface area contributed by atoms with Crippen molar-refractivity contribution in [3.63, 3.8) is 0 Å². The van der Waals surface area contributed by atoms with E-state index in [0.29, 0.717) is 15.5 Å². The molecular weight excluding hydrogens is 331 g/mol. The summed E-state index contributed by atoms with van der Waals surface area (Å²) in [6, 6.07) is 5.52. The fourth-order valence-corrected chi connectivity index (χ4v) is 5.12. The molecule has 1 saturated carbocycles. The van der Waals surface area contributed by atoms with Crippen LogP contribution < -0.4 is 5.32 Å².